The van der Waals surface area contributed by atoms with Gasteiger partial charge in [0.2, 0.25) is 12.3 Å². The van der Waals surface area contributed by atoms with Gasteiger partial charge in [0, 0.05) is 20.1 Å². The van der Waals surface area contributed by atoms with Crippen molar-refractivity contribution >= 4 is 12.3 Å². The molecule has 0 rings (SSSR count). The van der Waals surface area contributed by atoms with Crippen LogP contribution in [-0.2, 0) is 14.3 Å². The van der Waals surface area contributed by atoms with Crippen molar-refractivity contribution in [3.8, 4) is 0 Å². The number of amides is 2. The van der Waals surface area contributed by atoms with Gasteiger partial charge in [-0.3, -0.25) is 9.59 Å². The zero-order valence-corrected chi connectivity index (χ0v) is 8.32. The fourth-order valence-corrected chi connectivity index (χ4v) is 0.973. The van der Waals surface area contributed by atoms with E-state index in [2.05, 4.69) is 0 Å². The second kappa shape index (κ2) is 6.42. The first kappa shape index (κ1) is 11.9. The van der Waals surface area contributed by atoms with Gasteiger partial charge in [0.15, 0.2) is 0 Å². The summed E-state index contributed by atoms with van der Waals surface area (Å²) in [6.45, 7) is 4.12. The molecule has 0 bridgehead atoms. The zero-order chi connectivity index (χ0) is 10.3. The molecule has 0 radical (unpaired) electrons. The molecular formula is C8H16N2O3. The largest absolute Gasteiger partial charge is 0.362 e. The fourth-order valence-electron chi connectivity index (χ4n) is 0.973. The number of rotatable bonds is 6. The van der Waals surface area contributed by atoms with Crippen molar-refractivity contribution in [3.63, 3.8) is 0 Å². The summed E-state index contributed by atoms with van der Waals surface area (Å²) in [4.78, 5) is 21.9. The molecule has 0 aliphatic rings. The molecule has 76 valence electrons. The van der Waals surface area contributed by atoms with E-state index < -0.39 is 0 Å². The van der Waals surface area contributed by atoms with Gasteiger partial charge in [-0.25, -0.2) is 10.0 Å². The number of ether oxygens (including phenoxy) is 1. The molecule has 5 heteroatoms. The van der Waals surface area contributed by atoms with Gasteiger partial charge < -0.3 is 4.74 Å². The van der Waals surface area contributed by atoms with Crippen molar-refractivity contribution < 1.29 is 14.3 Å². The monoisotopic (exact) mass is 188 g/mol. The molecule has 0 unspecified atom stereocenters. The maximum atomic E-state index is 11.3. The molecule has 0 atom stereocenters. The highest BCUT2D eigenvalue weighted by molar-refractivity contribution is 5.76. The Morgan fingerprint density at radius 1 is 1.46 bits per heavy atom. The molecular weight excluding hydrogens is 172 g/mol. The summed E-state index contributed by atoms with van der Waals surface area (Å²) in [6, 6.07) is 0. The average Bonchev–Trinajstić information content (AvgIpc) is 2.17. The molecule has 2 amide bonds. The third-order valence-electron chi connectivity index (χ3n) is 1.58. The van der Waals surface area contributed by atoms with Crippen molar-refractivity contribution in [1.82, 2.24) is 10.0 Å². The van der Waals surface area contributed by atoms with E-state index in [0.717, 1.165) is 0 Å². The summed E-state index contributed by atoms with van der Waals surface area (Å²) in [7, 11) is 1.47. The Hall–Kier alpha value is -1.10. The Kier molecular flexibility index (Phi) is 5.88. The van der Waals surface area contributed by atoms with Crippen molar-refractivity contribution in [1.29, 1.82) is 0 Å². The minimum Gasteiger partial charge on any atom is -0.362 e. The summed E-state index contributed by atoms with van der Waals surface area (Å²) in [5, 5.41) is 2.57. The number of hydrogen-bond donors (Lipinski definition) is 0. The van der Waals surface area contributed by atoms with Crippen LogP contribution in [0.25, 0.3) is 0 Å². The molecule has 0 aromatic heterocycles. The second-order valence-corrected chi connectivity index (χ2v) is 2.43. The van der Waals surface area contributed by atoms with Gasteiger partial charge in [-0.1, -0.05) is 6.92 Å². The molecule has 0 aromatic carbocycles. The van der Waals surface area contributed by atoms with Crippen LogP contribution in [0.15, 0.2) is 0 Å². The van der Waals surface area contributed by atoms with E-state index in [1.54, 1.807) is 13.8 Å². The lowest BCUT2D eigenvalue weighted by Crippen LogP contribution is -2.46. The van der Waals surface area contributed by atoms with E-state index in [4.69, 9.17) is 4.74 Å². The molecule has 0 saturated heterocycles. The quantitative estimate of drug-likeness (QED) is 0.340. The Balaban J connectivity index is 4.32. The van der Waals surface area contributed by atoms with E-state index in [9.17, 15) is 9.59 Å². The highest BCUT2D eigenvalue weighted by Crippen LogP contribution is 1.98. The van der Waals surface area contributed by atoms with Crippen LogP contribution >= 0.6 is 0 Å². The maximum Gasteiger partial charge on any atom is 0.240 e. The second-order valence-electron chi connectivity index (χ2n) is 2.43. The summed E-state index contributed by atoms with van der Waals surface area (Å²) in [5.74, 6) is -0.0911. The number of nitrogens with zero attached hydrogens (tertiary/aromatic N) is 2. The van der Waals surface area contributed by atoms with E-state index in [0.29, 0.717) is 19.4 Å². The lowest BCUT2D eigenvalue weighted by molar-refractivity contribution is -0.164. The minimum absolute atomic E-state index is 0.0911. The Morgan fingerprint density at radius 3 is 2.38 bits per heavy atom. The standard InChI is InChI=1S/C8H16N2O3/c1-4-8(12)10(5-2)9(6-11)7-13-3/h6H,4-5,7H2,1-3H3. The smallest absolute Gasteiger partial charge is 0.240 e. The van der Waals surface area contributed by atoms with E-state index in [1.165, 1.54) is 17.1 Å². The predicted molar refractivity (Wildman–Crippen MR) is 47.5 cm³/mol. The van der Waals surface area contributed by atoms with Crippen LogP contribution in [0.5, 0.6) is 0 Å². The Labute approximate surface area is 78.2 Å². The Bertz CT molecular complexity index is 173. The third kappa shape index (κ3) is 3.42. The molecule has 13 heavy (non-hydrogen) atoms. The van der Waals surface area contributed by atoms with Gasteiger partial charge in [0.05, 0.1) is 0 Å². The molecule has 0 aromatic rings. The lowest BCUT2D eigenvalue weighted by Gasteiger charge is -2.29. The van der Waals surface area contributed by atoms with Gasteiger partial charge in [-0.05, 0) is 6.92 Å². The highest BCUT2D eigenvalue weighted by Gasteiger charge is 2.15. The normalized spacial score (nSPS) is 9.46. The lowest BCUT2D eigenvalue weighted by atomic mass is 10.4. The molecule has 5 nitrogen and oxygen atoms in total. The van der Waals surface area contributed by atoms with E-state index >= 15 is 0 Å². The van der Waals surface area contributed by atoms with Gasteiger partial charge in [-0.2, -0.15) is 0 Å². The van der Waals surface area contributed by atoms with Crippen molar-refractivity contribution in [2.45, 2.75) is 20.3 Å². The van der Waals surface area contributed by atoms with Gasteiger partial charge >= 0.3 is 0 Å². The SMILES string of the molecule is CCC(=O)N(CC)N(C=O)COC. The van der Waals surface area contributed by atoms with Crippen LogP contribution in [0.3, 0.4) is 0 Å². The van der Waals surface area contributed by atoms with E-state index in [-0.39, 0.29) is 12.6 Å². The first-order valence-corrected chi connectivity index (χ1v) is 4.22. The number of hydrogen-bond acceptors (Lipinski definition) is 3. The van der Waals surface area contributed by atoms with Crippen LogP contribution in [-0.4, -0.2) is 42.7 Å². The van der Waals surface area contributed by atoms with Gasteiger partial charge in [-0.15, -0.1) is 0 Å². The summed E-state index contributed by atoms with van der Waals surface area (Å²) < 4.78 is 4.77. The first-order valence-electron chi connectivity index (χ1n) is 4.22. The highest BCUT2D eigenvalue weighted by atomic mass is 16.5. The number of carbonyl (C=O) groups is 2. The van der Waals surface area contributed by atoms with Crippen LogP contribution < -0.4 is 0 Å². The van der Waals surface area contributed by atoms with Gasteiger partial charge in [0.25, 0.3) is 0 Å². The van der Waals surface area contributed by atoms with Crippen molar-refractivity contribution in [2.24, 2.45) is 0 Å². The summed E-state index contributed by atoms with van der Waals surface area (Å²) >= 11 is 0. The number of hydrazine groups is 1. The van der Waals surface area contributed by atoms with E-state index in [1.807, 2.05) is 0 Å². The summed E-state index contributed by atoms with van der Waals surface area (Å²) in [5.41, 5.74) is 0. The number of carbonyl (C=O) groups excluding carboxylic acids is 2. The van der Waals surface area contributed by atoms with Crippen LogP contribution in [0.1, 0.15) is 20.3 Å². The van der Waals surface area contributed by atoms with Crippen LogP contribution in [0.2, 0.25) is 0 Å². The fraction of sp³-hybridized carbons (Fsp3) is 0.750. The number of methoxy groups -OCH3 is 1. The molecule has 0 N–H and O–H groups in total. The van der Waals surface area contributed by atoms with Gasteiger partial charge in [0.1, 0.15) is 6.73 Å². The zero-order valence-electron chi connectivity index (χ0n) is 8.32. The first-order chi connectivity index (χ1) is 6.21. The molecule has 0 spiro atoms. The third-order valence-corrected chi connectivity index (χ3v) is 1.58. The van der Waals surface area contributed by atoms with Crippen LogP contribution in [0.4, 0.5) is 0 Å². The molecule has 0 fully saturated rings. The predicted octanol–water partition coefficient (Wildman–Crippen LogP) is 0.222. The average molecular weight is 188 g/mol. The molecule has 0 aliphatic heterocycles. The topological polar surface area (TPSA) is 49.9 Å². The molecule has 0 saturated carbocycles. The molecule has 0 aliphatic carbocycles. The minimum atomic E-state index is -0.0911. The van der Waals surface area contributed by atoms with Crippen molar-refractivity contribution in [2.75, 3.05) is 20.4 Å². The summed E-state index contributed by atoms with van der Waals surface area (Å²) in [6.07, 6.45) is 0.961. The maximum absolute atomic E-state index is 11.3. The van der Waals surface area contributed by atoms with Crippen LogP contribution in [0, 0.1) is 0 Å². The molecule has 0 heterocycles. The van der Waals surface area contributed by atoms with Crippen molar-refractivity contribution in [3.05, 3.63) is 0 Å². The Morgan fingerprint density at radius 2 is 2.08 bits per heavy atom.